The van der Waals surface area contributed by atoms with Crippen molar-refractivity contribution in [3.63, 3.8) is 0 Å². The van der Waals surface area contributed by atoms with Crippen LogP contribution in [0.3, 0.4) is 0 Å². The Morgan fingerprint density at radius 1 is 1.21 bits per heavy atom. The molecule has 0 unspecified atom stereocenters. The van der Waals surface area contributed by atoms with Crippen LogP contribution in [-0.4, -0.2) is 25.8 Å². The molecule has 28 heavy (non-hydrogen) atoms. The molecule has 1 aliphatic carbocycles. The molecule has 1 N–H and O–H groups in total. The quantitative estimate of drug-likeness (QED) is 0.784. The van der Waals surface area contributed by atoms with E-state index in [1.54, 1.807) is 6.92 Å². The number of carbonyl (C=O) groups excluding carboxylic acids is 1. The number of amides is 1. The molecule has 1 fully saturated rings. The number of hydrogen-bond acceptors (Lipinski definition) is 5. The highest BCUT2D eigenvalue weighted by atomic mass is 16.5. The average Bonchev–Trinajstić information content (AvgIpc) is 3.18. The van der Waals surface area contributed by atoms with Crippen LogP contribution in [0.15, 0.2) is 10.6 Å². The predicted molar refractivity (Wildman–Crippen MR) is 107 cm³/mol. The second-order valence-corrected chi connectivity index (χ2v) is 9.28. The van der Waals surface area contributed by atoms with Crippen molar-refractivity contribution in [3.05, 3.63) is 29.2 Å². The first-order valence-corrected chi connectivity index (χ1v) is 10.4. The molecule has 2 aromatic rings. The summed E-state index contributed by atoms with van der Waals surface area (Å²) in [5, 5.41) is 12.1. The summed E-state index contributed by atoms with van der Waals surface area (Å²) in [6.45, 7) is 12.3. The molecule has 0 saturated heterocycles. The number of nitrogens with zero attached hydrogens (tertiary/aromatic N) is 4. The Labute approximate surface area is 167 Å². The van der Waals surface area contributed by atoms with E-state index in [4.69, 9.17) is 4.52 Å². The van der Waals surface area contributed by atoms with E-state index in [9.17, 15) is 4.79 Å². The molecule has 2 heterocycles. The molecule has 0 bridgehead atoms. The van der Waals surface area contributed by atoms with Crippen molar-refractivity contribution in [2.45, 2.75) is 97.1 Å². The number of nitrogens with one attached hydrogen (secondary N) is 1. The Balaban J connectivity index is 1.94. The second kappa shape index (κ2) is 7.68. The fourth-order valence-corrected chi connectivity index (χ4v) is 3.97. The van der Waals surface area contributed by atoms with Gasteiger partial charge >= 0.3 is 0 Å². The molecule has 154 valence electrons. The van der Waals surface area contributed by atoms with Crippen LogP contribution < -0.4 is 5.32 Å². The molecular weight excluding hydrogens is 354 g/mol. The van der Waals surface area contributed by atoms with Crippen molar-refractivity contribution >= 4 is 5.91 Å². The smallest absolute Gasteiger partial charge is 0.272 e. The molecule has 3 rings (SSSR count). The first-order valence-electron chi connectivity index (χ1n) is 10.4. The molecule has 0 spiro atoms. The Bertz CT molecular complexity index is 820. The average molecular weight is 388 g/mol. The van der Waals surface area contributed by atoms with Crippen molar-refractivity contribution < 1.29 is 9.32 Å². The van der Waals surface area contributed by atoms with Gasteiger partial charge in [-0.3, -0.25) is 9.48 Å². The maximum absolute atomic E-state index is 13.3. The van der Waals surface area contributed by atoms with Crippen molar-refractivity contribution in [1.82, 2.24) is 25.2 Å². The van der Waals surface area contributed by atoms with E-state index < -0.39 is 5.54 Å². The van der Waals surface area contributed by atoms with E-state index in [0.29, 0.717) is 17.4 Å². The third-order valence-corrected chi connectivity index (χ3v) is 5.46. The van der Waals surface area contributed by atoms with Gasteiger partial charge in [-0.25, -0.2) is 0 Å². The van der Waals surface area contributed by atoms with Crippen LogP contribution in [0, 0.1) is 6.92 Å². The summed E-state index contributed by atoms with van der Waals surface area (Å²) in [7, 11) is 0. The van der Waals surface area contributed by atoms with Crippen molar-refractivity contribution in [2.24, 2.45) is 0 Å². The van der Waals surface area contributed by atoms with E-state index in [1.165, 1.54) is 0 Å². The number of carbonyl (C=O) groups is 1. The lowest BCUT2D eigenvalue weighted by molar-refractivity contribution is 0.0870. The minimum atomic E-state index is -0.588. The van der Waals surface area contributed by atoms with Crippen LogP contribution in [0.4, 0.5) is 0 Å². The van der Waals surface area contributed by atoms with Crippen LogP contribution in [0.25, 0.3) is 0 Å². The topological polar surface area (TPSA) is 85.8 Å². The number of hydrogen-bond donors (Lipinski definition) is 1. The Kier molecular flexibility index (Phi) is 5.64. The highest BCUT2D eigenvalue weighted by molar-refractivity contribution is 5.93. The van der Waals surface area contributed by atoms with Gasteiger partial charge < -0.3 is 9.84 Å². The molecule has 1 saturated carbocycles. The van der Waals surface area contributed by atoms with Gasteiger partial charge in [0, 0.05) is 12.6 Å². The Morgan fingerprint density at radius 3 is 2.32 bits per heavy atom. The summed E-state index contributed by atoms with van der Waals surface area (Å²) in [4.78, 5) is 17.7. The third kappa shape index (κ3) is 4.13. The van der Waals surface area contributed by atoms with Crippen LogP contribution in [-0.2, 0) is 11.1 Å². The number of rotatable bonds is 4. The minimum Gasteiger partial charge on any atom is -0.340 e. The number of aromatic nitrogens is 4. The van der Waals surface area contributed by atoms with Crippen molar-refractivity contribution in [2.75, 3.05) is 0 Å². The third-order valence-electron chi connectivity index (χ3n) is 5.46. The Morgan fingerprint density at radius 2 is 1.86 bits per heavy atom. The summed E-state index contributed by atoms with van der Waals surface area (Å²) in [6, 6.07) is 1.91. The second-order valence-electron chi connectivity index (χ2n) is 9.28. The highest BCUT2D eigenvalue weighted by Crippen LogP contribution is 2.35. The van der Waals surface area contributed by atoms with E-state index in [-0.39, 0.29) is 17.4 Å². The van der Waals surface area contributed by atoms with Crippen molar-refractivity contribution in [1.29, 1.82) is 0 Å². The summed E-state index contributed by atoms with van der Waals surface area (Å²) < 4.78 is 7.20. The molecule has 7 nitrogen and oxygen atoms in total. The van der Waals surface area contributed by atoms with Crippen LogP contribution in [0.2, 0.25) is 0 Å². The molecule has 7 heteroatoms. The molecule has 0 aliphatic heterocycles. The van der Waals surface area contributed by atoms with Gasteiger partial charge in [0.25, 0.3) is 5.91 Å². The molecule has 1 aliphatic rings. The van der Waals surface area contributed by atoms with Crippen molar-refractivity contribution in [3.8, 4) is 0 Å². The zero-order valence-corrected chi connectivity index (χ0v) is 18.0. The zero-order valence-electron chi connectivity index (χ0n) is 18.0. The molecule has 0 radical (unpaired) electrons. The summed E-state index contributed by atoms with van der Waals surface area (Å²) in [5.41, 5.74) is 0.725. The lowest BCUT2D eigenvalue weighted by Gasteiger charge is -2.30. The first-order chi connectivity index (χ1) is 13.1. The maximum atomic E-state index is 13.3. The fraction of sp³-hybridized carbons (Fsp3) is 0.714. The van der Waals surface area contributed by atoms with Gasteiger partial charge in [-0.1, -0.05) is 44.7 Å². The van der Waals surface area contributed by atoms with Gasteiger partial charge in [0.05, 0.1) is 5.54 Å². The van der Waals surface area contributed by atoms with Gasteiger partial charge in [0.2, 0.25) is 5.89 Å². The lowest BCUT2D eigenvalue weighted by atomic mass is 9.89. The number of aryl methyl sites for hydroxylation is 1. The monoisotopic (exact) mass is 387 g/mol. The largest absolute Gasteiger partial charge is 0.340 e. The SMILES string of the molecule is Cc1nc(C2(NC(=O)c3cc(C(C)C)n(C(C)(C)C)n3)CCCCCC2)no1. The minimum absolute atomic E-state index is 0.172. The highest BCUT2D eigenvalue weighted by Gasteiger charge is 2.39. The van der Waals surface area contributed by atoms with Gasteiger partial charge in [-0.2, -0.15) is 10.1 Å². The standard InChI is InChI=1S/C21H33N5O2/c1-14(2)17-13-16(24-26(17)20(4,5)6)18(27)23-21(11-9-7-8-10-12-21)19-22-15(3)28-25-19/h13-14H,7-12H2,1-6H3,(H,23,27). The zero-order chi connectivity index (χ0) is 20.5. The van der Waals surface area contributed by atoms with E-state index in [2.05, 4.69) is 55.2 Å². The van der Waals surface area contributed by atoms with E-state index in [1.807, 2.05) is 10.7 Å². The van der Waals surface area contributed by atoms with Crippen LogP contribution >= 0.6 is 0 Å². The molecule has 0 aromatic carbocycles. The molecular formula is C21H33N5O2. The molecule has 1 amide bonds. The molecule has 0 atom stereocenters. The first kappa shape index (κ1) is 20.6. The van der Waals surface area contributed by atoms with E-state index in [0.717, 1.165) is 44.2 Å². The van der Waals surface area contributed by atoms with Gasteiger partial charge in [-0.05, 0) is 45.6 Å². The summed E-state index contributed by atoms with van der Waals surface area (Å²) >= 11 is 0. The van der Waals surface area contributed by atoms with Gasteiger partial charge in [0.15, 0.2) is 11.5 Å². The lowest BCUT2D eigenvalue weighted by Crippen LogP contribution is -2.46. The normalized spacial score (nSPS) is 17.5. The maximum Gasteiger partial charge on any atom is 0.272 e. The summed E-state index contributed by atoms with van der Waals surface area (Å²) in [5.74, 6) is 1.21. The fourth-order valence-electron chi connectivity index (χ4n) is 3.97. The molecule has 2 aromatic heterocycles. The van der Waals surface area contributed by atoms with E-state index >= 15 is 0 Å². The van der Waals surface area contributed by atoms with Crippen LogP contribution in [0.5, 0.6) is 0 Å². The van der Waals surface area contributed by atoms with Gasteiger partial charge in [-0.15, -0.1) is 0 Å². The van der Waals surface area contributed by atoms with Crippen LogP contribution in [0.1, 0.15) is 107 Å². The Hall–Kier alpha value is -2.18. The van der Waals surface area contributed by atoms with Gasteiger partial charge in [0.1, 0.15) is 5.54 Å². The predicted octanol–water partition coefficient (Wildman–Crippen LogP) is 4.43. The summed E-state index contributed by atoms with van der Waals surface area (Å²) in [6.07, 6.45) is 6.00.